The Morgan fingerprint density at radius 3 is 2.79 bits per heavy atom. The number of cyclic esters (lactones) is 2. The molecule has 0 unspecified atom stereocenters. The number of benzene rings is 2. The largest absolute Gasteiger partial charge is 0.462 e. The molecule has 19 heavy (non-hydrogen) atoms. The number of hydrogen-bond acceptors (Lipinski definition) is 4. The van der Waals surface area contributed by atoms with Crippen LogP contribution >= 0.6 is 0 Å². The van der Waals surface area contributed by atoms with Gasteiger partial charge in [0.1, 0.15) is 6.61 Å². The van der Waals surface area contributed by atoms with Crippen LogP contribution in [-0.2, 0) is 22.5 Å². The molecular weight excluding hydrogens is 244 g/mol. The lowest BCUT2D eigenvalue weighted by atomic mass is 9.89. The molecule has 94 valence electrons. The van der Waals surface area contributed by atoms with E-state index in [2.05, 4.69) is 0 Å². The molecule has 4 rings (SSSR count). The number of hydrogen-bond donors (Lipinski definition) is 0. The van der Waals surface area contributed by atoms with Crippen molar-refractivity contribution in [3.05, 3.63) is 46.5 Å². The Labute approximate surface area is 108 Å². The standard InChI is InChI=1S/C15H10O4/c16-14-11-3-1-2-10-12(11)9(7-19-14)6-8-4-5-18-15(17)13(8)10/h1-3,6H,4-5,7H2. The van der Waals surface area contributed by atoms with Gasteiger partial charge >= 0.3 is 11.9 Å². The predicted octanol–water partition coefficient (Wildman–Crippen LogP) is 2.22. The van der Waals surface area contributed by atoms with E-state index in [4.69, 9.17) is 9.47 Å². The molecule has 0 aliphatic carbocycles. The lowest BCUT2D eigenvalue weighted by Crippen LogP contribution is -2.21. The molecule has 0 radical (unpaired) electrons. The summed E-state index contributed by atoms with van der Waals surface area (Å²) < 4.78 is 10.3. The molecule has 4 nitrogen and oxygen atoms in total. The van der Waals surface area contributed by atoms with Crippen LogP contribution in [0.15, 0.2) is 24.3 Å². The Morgan fingerprint density at radius 1 is 1.00 bits per heavy atom. The molecule has 0 saturated heterocycles. The average Bonchev–Trinajstić information content (AvgIpc) is 2.43. The second kappa shape index (κ2) is 3.57. The van der Waals surface area contributed by atoms with Gasteiger partial charge in [-0.25, -0.2) is 9.59 Å². The summed E-state index contributed by atoms with van der Waals surface area (Å²) in [5.74, 6) is -0.633. The van der Waals surface area contributed by atoms with Gasteiger partial charge in [-0.3, -0.25) is 0 Å². The Bertz CT molecular complexity index is 745. The van der Waals surface area contributed by atoms with Crippen molar-refractivity contribution in [2.24, 2.45) is 0 Å². The highest BCUT2D eigenvalue weighted by atomic mass is 16.5. The fourth-order valence-corrected chi connectivity index (χ4v) is 2.90. The van der Waals surface area contributed by atoms with E-state index < -0.39 is 0 Å². The first kappa shape index (κ1) is 10.6. The predicted molar refractivity (Wildman–Crippen MR) is 67.1 cm³/mol. The number of ether oxygens (including phenoxy) is 2. The number of carbonyl (C=O) groups is 2. The van der Waals surface area contributed by atoms with E-state index >= 15 is 0 Å². The Hall–Kier alpha value is -2.36. The van der Waals surface area contributed by atoms with Gasteiger partial charge in [0.2, 0.25) is 0 Å². The van der Waals surface area contributed by atoms with Crippen molar-refractivity contribution in [3.63, 3.8) is 0 Å². The molecule has 0 spiro atoms. The number of rotatable bonds is 0. The Balaban J connectivity index is 2.18. The average molecular weight is 254 g/mol. The molecule has 0 saturated carbocycles. The minimum absolute atomic E-state index is 0.272. The molecule has 0 fully saturated rings. The molecule has 0 aromatic heterocycles. The molecule has 0 amide bonds. The summed E-state index contributed by atoms with van der Waals surface area (Å²) in [6.07, 6.45) is 0.711. The van der Waals surface area contributed by atoms with Crippen LogP contribution in [0, 0.1) is 0 Å². The van der Waals surface area contributed by atoms with Crippen LogP contribution in [0.1, 0.15) is 31.8 Å². The molecule has 2 aliphatic heterocycles. The van der Waals surface area contributed by atoms with E-state index in [1.165, 1.54) is 0 Å². The third kappa shape index (κ3) is 1.34. The molecule has 2 aromatic carbocycles. The summed E-state index contributed by atoms with van der Waals surface area (Å²) in [7, 11) is 0. The number of esters is 2. The summed E-state index contributed by atoms with van der Waals surface area (Å²) in [6.45, 7) is 0.685. The maximum absolute atomic E-state index is 12.0. The van der Waals surface area contributed by atoms with Crippen LogP contribution in [0.25, 0.3) is 10.8 Å². The lowest BCUT2D eigenvalue weighted by Gasteiger charge is -2.23. The van der Waals surface area contributed by atoms with Gasteiger partial charge in [-0.15, -0.1) is 0 Å². The van der Waals surface area contributed by atoms with Gasteiger partial charge in [-0.05, 0) is 22.6 Å². The SMILES string of the molecule is O=C1OCCc2cc3c4c(cccc4c21)C(=O)OC3. The maximum Gasteiger partial charge on any atom is 0.339 e. The molecule has 2 aromatic rings. The fraction of sp³-hybridized carbons (Fsp3) is 0.200. The van der Waals surface area contributed by atoms with E-state index in [0.717, 1.165) is 21.9 Å². The third-order valence-corrected chi connectivity index (χ3v) is 3.71. The van der Waals surface area contributed by atoms with E-state index in [9.17, 15) is 9.59 Å². The van der Waals surface area contributed by atoms with Crippen LogP contribution in [0.3, 0.4) is 0 Å². The monoisotopic (exact) mass is 254 g/mol. The van der Waals surface area contributed by atoms with Gasteiger partial charge in [0, 0.05) is 11.8 Å². The van der Waals surface area contributed by atoms with E-state index in [1.54, 1.807) is 12.1 Å². The Morgan fingerprint density at radius 2 is 1.89 bits per heavy atom. The van der Waals surface area contributed by atoms with E-state index in [-0.39, 0.29) is 18.5 Å². The van der Waals surface area contributed by atoms with Crippen molar-refractivity contribution in [3.8, 4) is 0 Å². The van der Waals surface area contributed by atoms with Gasteiger partial charge in [-0.2, -0.15) is 0 Å². The molecule has 0 atom stereocenters. The first-order valence-corrected chi connectivity index (χ1v) is 6.17. The quantitative estimate of drug-likeness (QED) is 0.676. The summed E-state index contributed by atoms with van der Waals surface area (Å²) in [5.41, 5.74) is 3.08. The summed E-state index contributed by atoms with van der Waals surface area (Å²) >= 11 is 0. The van der Waals surface area contributed by atoms with Crippen molar-refractivity contribution in [1.29, 1.82) is 0 Å². The van der Waals surface area contributed by atoms with Crippen molar-refractivity contribution in [2.75, 3.05) is 6.61 Å². The lowest BCUT2D eigenvalue weighted by molar-refractivity contribution is 0.0452. The molecular formula is C15H10O4. The first-order chi connectivity index (χ1) is 9.25. The zero-order valence-corrected chi connectivity index (χ0v) is 10.1. The highest BCUT2D eigenvalue weighted by Gasteiger charge is 2.28. The smallest absolute Gasteiger partial charge is 0.339 e. The second-order valence-electron chi connectivity index (χ2n) is 4.76. The Kier molecular flexibility index (Phi) is 1.98. The molecule has 0 N–H and O–H groups in total. The van der Waals surface area contributed by atoms with Gasteiger partial charge < -0.3 is 9.47 Å². The van der Waals surface area contributed by atoms with Crippen LogP contribution in [0.5, 0.6) is 0 Å². The number of fused-ring (bicyclic) bond motifs is 2. The zero-order valence-electron chi connectivity index (χ0n) is 10.1. The second-order valence-corrected chi connectivity index (χ2v) is 4.76. The highest BCUT2D eigenvalue weighted by Crippen LogP contribution is 2.34. The van der Waals surface area contributed by atoms with Crippen molar-refractivity contribution in [2.45, 2.75) is 13.0 Å². The minimum Gasteiger partial charge on any atom is -0.462 e. The van der Waals surface area contributed by atoms with Crippen molar-refractivity contribution >= 4 is 22.7 Å². The molecule has 2 heterocycles. The van der Waals surface area contributed by atoms with Gasteiger partial charge in [0.25, 0.3) is 0 Å². The van der Waals surface area contributed by atoms with E-state index in [0.29, 0.717) is 24.2 Å². The van der Waals surface area contributed by atoms with Crippen LogP contribution in [-0.4, -0.2) is 18.5 Å². The molecule has 2 aliphatic rings. The topological polar surface area (TPSA) is 52.6 Å². The van der Waals surface area contributed by atoms with Crippen LogP contribution < -0.4 is 0 Å². The summed E-state index contributed by atoms with van der Waals surface area (Å²) in [4.78, 5) is 23.8. The van der Waals surface area contributed by atoms with Crippen LogP contribution in [0.4, 0.5) is 0 Å². The van der Waals surface area contributed by atoms with Gasteiger partial charge in [0.15, 0.2) is 0 Å². The van der Waals surface area contributed by atoms with E-state index in [1.807, 2.05) is 12.1 Å². The zero-order chi connectivity index (χ0) is 13.0. The van der Waals surface area contributed by atoms with Crippen molar-refractivity contribution in [1.82, 2.24) is 0 Å². The normalized spacial score (nSPS) is 16.8. The first-order valence-electron chi connectivity index (χ1n) is 6.17. The summed E-state index contributed by atoms with van der Waals surface area (Å²) in [5, 5.41) is 1.63. The maximum atomic E-state index is 12.0. The molecule has 4 heteroatoms. The van der Waals surface area contributed by atoms with Gasteiger partial charge in [-0.1, -0.05) is 18.2 Å². The minimum atomic E-state index is -0.331. The third-order valence-electron chi connectivity index (χ3n) is 3.71. The number of carbonyl (C=O) groups excluding carboxylic acids is 2. The highest BCUT2D eigenvalue weighted by molar-refractivity contribution is 6.14. The van der Waals surface area contributed by atoms with Crippen molar-refractivity contribution < 1.29 is 19.1 Å². The summed E-state index contributed by atoms with van der Waals surface area (Å²) in [6, 6.07) is 7.34. The van der Waals surface area contributed by atoms with Gasteiger partial charge in [0.05, 0.1) is 17.7 Å². The fourth-order valence-electron chi connectivity index (χ4n) is 2.90. The van der Waals surface area contributed by atoms with Crippen LogP contribution in [0.2, 0.25) is 0 Å². The molecule has 0 bridgehead atoms.